The molecule has 5 nitrogen and oxygen atoms in total. The van der Waals surface area contributed by atoms with Crippen molar-refractivity contribution in [2.75, 3.05) is 14.2 Å². The first kappa shape index (κ1) is 15.6. The van der Waals surface area contributed by atoms with Crippen molar-refractivity contribution < 1.29 is 14.3 Å². The summed E-state index contributed by atoms with van der Waals surface area (Å²) < 4.78 is 10.5. The molecule has 0 spiro atoms. The third kappa shape index (κ3) is 4.36. The fourth-order valence-electron chi connectivity index (χ4n) is 2.74. The molecule has 1 saturated carbocycles. The summed E-state index contributed by atoms with van der Waals surface area (Å²) in [4.78, 5) is 12.2. The average molecular weight is 292 g/mol. The van der Waals surface area contributed by atoms with Crippen LogP contribution in [0.1, 0.15) is 31.2 Å². The van der Waals surface area contributed by atoms with Crippen LogP contribution in [0, 0.1) is 0 Å². The molecule has 0 heterocycles. The van der Waals surface area contributed by atoms with Crippen molar-refractivity contribution in [2.24, 2.45) is 5.73 Å². The molecule has 1 aliphatic carbocycles. The van der Waals surface area contributed by atoms with E-state index in [0.717, 1.165) is 37.0 Å². The van der Waals surface area contributed by atoms with Crippen LogP contribution in [0.15, 0.2) is 18.2 Å². The maximum atomic E-state index is 12.2. The smallest absolute Gasteiger partial charge is 0.224 e. The Morgan fingerprint density at radius 2 is 1.95 bits per heavy atom. The molecule has 116 valence electrons. The molecule has 0 aromatic heterocycles. The fourth-order valence-corrected chi connectivity index (χ4v) is 2.74. The molecule has 1 amide bonds. The Balaban J connectivity index is 1.95. The second kappa shape index (κ2) is 7.31. The summed E-state index contributed by atoms with van der Waals surface area (Å²) in [5.74, 6) is 1.45. The average Bonchev–Trinajstić information content (AvgIpc) is 2.49. The zero-order chi connectivity index (χ0) is 15.2. The third-order valence-corrected chi connectivity index (χ3v) is 3.98. The van der Waals surface area contributed by atoms with Gasteiger partial charge >= 0.3 is 0 Å². The van der Waals surface area contributed by atoms with Crippen molar-refractivity contribution in [3.05, 3.63) is 23.8 Å². The lowest BCUT2D eigenvalue weighted by Crippen LogP contribution is -2.41. The largest absolute Gasteiger partial charge is 0.497 e. The molecule has 2 rings (SSSR count). The summed E-state index contributed by atoms with van der Waals surface area (Å²) in [6.45, 7) is 0. The number of rotatable bonds is 5. The Morgan fingerprint density at radius 3 is 2.57 bits per heavy atom. The van der Waals surface area contributed by atoms with E-state index in [2.05, 4.69) is 5.32 Å². The summed E-state index contributed by atoms with van der Waals surface area (Å²) in [7, 11) is 3.21. The van der Waals surface area contributed by atoms with Gasteiger partial charge in [-0.1, -0.05) is 0 Å². The Kier molecular flexibility index (Phi) is 5.44. The van der Waals surface area contributed by atoms with Gasteiger partial charge in [0.25, 0.3) is 0 Å². The number of ether oxygens (including phenoxy) is 2. The molecule has 3 N–H and O–H groups in total. The standard InChI is InChI=1S/C16H24N2O3/c1-20-14-7-8-15(21-2)11(9-14)10-16(19)18-13-5-3-12(17)4-6-13/h7-9,12-13H,3-6,10,17H2,1-2H3,(H,18,19). The first-order valence-electron chi connectivity index (χ1n) is 7.38. The molecule has 0 aliphatic heterocycles. The highest BCUT2D eigenvalue weighted by atomic mass is 16.5. The van der Waals surface area contributed by atoms with Gasteiger partial charge < -0.3 is 20.5 Å². The monoisotopic (exact) mass is 292 g/mol. The predicted octanol–water partition coefficient (Wildman–Crippen LogP) is 1.63. The van der Waals surface area contributed by atoms with Gasteiger partial charge in [-0.05, 0) is 43.9 Å². The lowest BCUT2D eigenvalue weighted by molar-refractivity contribution is -0.121. The number of nitrogens with one attached hydrogen (secondary N) is 1. The maximum absolute atomic E-state index is 12.2. The number of amides is 1. The summed E-state index contributed by atoms with van der Waals surface area (Å²) >= 11 is 0. The van der Waals surface area contributed by atoms with Crippen LogP contribution >= 0.6 is 0 Å². The fraction of sp³-hybridized carbons (Fsp3) is 0.562. The molecule has 21 heavy (non-hydrogen) atoms. The first-order chi connectivity index (χ1) is 10.1. The molecule has 1 aromatic rings. The number of carbonyl (C=O) groups excluding carboxylic acids is 1. The van der Waals surface area contributed by atoms with Gasteiger partial charge in [0.15, 0.2) is 0 Å². The summed E-state index contributed by atoms with van der Waals surface area (Å²) in [5, 5.41) is 3.09. The van der Waals surface area contributed by atoms with E-state index in [9.17, 15) is 4.79 Å². The molecular formula is C16H24N2O3. The van der Waals surface area contributed by atoms with Crippen molar-refractivity contribution in [3.8, 4) is 11.5 Å². The molecular weight excluding hydrogens is 268 g/mol. The number of methoxy groups -OCH3 is 2. The zero-order valence-corrected chi connectivity index (χ0v) is 12.7. The predicted molar refractivity (Wildman–Crippen MR) is 81.6 cm³/mol. The molecule has 0 unspecified atom stereocenters. The molecule has 1 fully saturated rings. The number of hydrogen-bond acceptors (Lipinski definition) is 4. The SMILES string of the molecule is COc1ccc(OC)c(CC(=O)NC2CCC(N)CC2)c1. The number of carbonyl (C=O) groups is 1. The van der Waals surface area contributed by atoms with Crippen LogP contribution in [0.25, 0.3) is 0 Å². The molecule has 0 radical (unpaired) electrons. The third-order valence-electron chi connectivity index (χ3n) is 3.98. The lowest BCUT2D eigenvalue weighted by Gasteiger charge is -2.26. The van der Waals surface area contributed by atoms with Crippen LogP contribution in [0.5, 0.6) is 11.5 Å². The summed E-state index contributed by atoms with van der Waals surface area (Å²) in [6, 6.07) is 6.02. The summed E-state index contributed by atoms with van der Waals surface area (Å²) in [5.41, 5.74) is 6.71. The van der Waals surface area contributed by atoms with Crippen molar-refractivity contribution in [2.45, 2.75) is 44.2 Å². The quantitative estimate of drug-likeness (QED) is 0.865. The second-order valence-corrected chi connectivity index (χ2v) is 5.53. The first-order valence-corrected chi connectivity index (χ1v) is 7.38. The molecule has 0 atom stereocenters. The van der Waals surface area contributed by atoms with Crippen LogP contribution < -0.4 is 20.5 Å². The van der Waals surface area contributed by atoms with Gasteiger partial charge in [0.2, 0.25) is 5.91 Å². The molecule has 0 bridgehead atoms. The Hall–Kier alpha value is -1.75. The lowest BCUT2D eigenvalue weighted by atomic mass is 9.91. The maximum Gasteiger partial charge on any atom is 0.224 e. The normalized spacial score (nSPS) is 21.7. The minimum absolute atomic E-state index is 0.0158. The molecule has 1 aliphatic rings. The van der Waals surface area contributed by atoms with E-state index in [-0.39, 0.29) is 18.0 Å². The van der Waals surface area contributed by atoms with E-state index in [0.29, 0.717) is 12.2 Å². The molecule has 5 heteroatoms. The zero-order valence-electron chi connectivity index (χ0n) is 12.7. The number of hydrogen-bond donors (Lipinski definition) is 2. The van der Waals surface area contributed by atoms with Gasteiger partial charge in [-0.15, -0.1) is 0 Å². The van der Waals surface area contributed by atoms with E-state index in [1.165, 1.54) is 0 Å². The van der Waals surface area contributed by atoms with Crippen LogP contribution in [0.2, 0.25) is 0 Å². The van der Waals surface area contributed by atoms with Crippen LogP contribution in [-0.4, -0.2) is 32.2 Å². The van der Waals surface area contributed by atoms with Crippen molar-refractivity contribution in [3.63, 3.8) is 0 Å². The van der Waals surface area contributed by atoms with Crippen LogP contribution in [-0.2, 0) is 11.2 Å². The Bertz CT molecular complexity index is 482. The molecule has 0 saturated heterocycles. The van der Waals surface area contributed by atoms with E-state index < -0.39 is 0 Å². The van der Waals surface area contributed by atoms with Gasteiger partial charge in [-0.2, -0.15) is 0 Å². The van der Waals surface area contributed by atoms with Crippen LogP contribution in [0.3, 0.4) is 0 Å². The van der Waals surface area contributed by atoms with E-state index in [1.807, 2.05) is 18.2 Å². The Labute approximate surface area is 125 Å². The van der Waals surface area contributed by atoms with Gasteiger partial charge in [-0.3, -0.25) is 4.79 Å². The minimum Gasteiger partial charge on any atom is -0.497 e. The highest BCUT2D eigenvalue weighted by molar-refractivity contribution is 5.79. The van der Waals surface area contributed by atoms with Gasteiger partial charge in [0, 0.05) is 17.6 Å². The van der Waals surface area contributed by atoms with Gasteiger partial charge in [0.1, 0.15) is 11.5 Å². The molecule has 1 aromatic carbocycles. The number of nitrogens with two attached hydrogens (primary N) is 1. The topological polar surface area (TPSA) is 73.6 Å². The van der Waals surface area contributed by atoms with E-state index in [4.69, 9.17) is 15.2 Å². The minimum atomic E-state index is 0.0158. The van der Waals surface area contributed by atoms with Gasteiger partial charge in [-0.25, -0.2) is 0 Å². The number of benzene rings is 1. The van der Waals surface area contributed by atoms with Crippen molar-refractivity contribution in [1.29, 1.82) is 0 Å². The summed E-state index contributed by atoms with van der Waals surface area (Å²) in [6.07, 6.45) is 4.17. The van der Waals surface area contributed by atoms with Crippen molar-refractivity contribution in [1.82, 2.24) is 5.32 Å². The van der Waals surface area contributed by atoms with Crippen LogP contribution in [0.4, 0.5) is 0 Å². The van der Waals surface area contributed by atoms with Gasteiger partial charge in [0.05, 0.1) is 20.6 Å². The Morgan fingerprint density at radius 1 is 1.24 bits per heavy atom. The van der Waals surface area contributed by atoms with E-state index in [1.54, 1.807) is 14.2 Å². The highest BCUT2D eigenvalue weighted by Gasteiger charge is 2.20. The van der Waals surface area contributed by atoms with Crippen molar-refractivity contribution >= 4 is 5.91 Å². The highest BCUT2D eigenvalue weighted by Crippen LogP contribution is 2.24. The second-order valence-electron chi connectivity index (χ2n) is 5.53. The van der Waals surface area contributed by atoms with E-state index >= 15 is 0 Å².